The zero-order chi connectivity index (χ0) is 22.7. The predicted molar refractivity (Wildman–Crippen MR) is 128 cm³/mol. The molecule has 0 bridgehead atoms. The van der Waals surface area contributed by atoms with E-state index < -0.39 is 0 Å². The maximum absolute atomic E-state index is 13.7. The lowest BCUT2D eigenvalue weighted by Gasteiger charge is -2.22. The van der Waals surface area contributed by atoms with E-state index in [2.05, 4.69) is 29.0 Å². The number of anilines is 2. The van der Waals surface area contributed by atoms with Gasteiger partial charge in [-0.15, -0.1) is 5.10 Å². The highest BCUT2D eigenvalue weighted by atomic mass is 19.1. The average Bonchev–Trinajstić information content (AvgIpc) is 3.50. The first-order valence-electron chi connectivity index (χ1n) is 11.3. The normalized spacial score (nSPS) is 20.0. The Hall–Kier alpha value is -3.52. The summed E-state index contributed by atoms with van der Waals surface area (Å²) in [5, 5.41) is 8.65. The Balaban J connectivity index is 1.59. The van der Waals surface area contributed by atoms with Gasteiger partial charge in [0.1, 0.15) is 17.3 Å². The largest absolute Gasteiger partial charge is 0.384 e. The number of imidazole rings is 1. The topological polar surface area (TPSA) is 84.4 Å². The monoisotopic (exact) mass is 443 g/mol. The number of fused-ring (bicyclic) bond motifs is 2. The zero-order valence-electron chi connectivity index (χ0n) is 18.7. The molecule has 0 spiro atoms. The Morgan fingerprint density at radius 1 is 1.00 bits per heavy atom. The van der Waals surface area contributed by atoms with Gasteiger partial charge in [-0.1, -0.05) is 0 Å². The molecule has 3 aromatic heterocycles. The number of aromatic nitrogens is 4. The van der Waals surface area contributed by atoms with Crippen LogP contribution in [0.25, 0.3) is 28.2 Å². The van der Waals surface area contributed by atoms with Gasteiger partial charge < -0.3 is 16.0 Å². The molecule has 168 valence electrons. The van der Waals surface area contributed by atoms with Gasteiger partial charge in [-0.2, -0.15) is 0 Å². The SMILES string of the molecule is Cc1c(N2CC3CNCC3C2)nn2c(-c3ccnc(N)c3)c(-c3ccc(F)cc3)nc2c1C. The molecule has 4 aromatic rings. The Labute approximate surface area is 191 Å². The van der Waals surface area contributed by atoms with Gasteiger partial charge >= 0.3 is 0 Å². The highest BCUT2D eigenvalue weighted by molar-refractivity contribution is 5.83. The molecule has 5 heterocycles. The lowest BCUT2D eigenvalue weighted by Crippen LogP contribution is -2.27. The average molecular weight is 444 g/mol. The minimum atomic E-state index is -0.279. The first-order chi connectivity index (χ1) is 16.0. The Kier molecular flexibility index (Phi) is 4.58. The first kappa shape index (κ1) is 20.1. The molecule has 33 heavy (non-hydrogen) atoms. The molecule has 2 aliphatic heterocycles. The summed E-state index contributed by atoms with van der Waals surface area (Å²) in [5.41, 5.74) is 12.3. The van der Waals surface area contributed by atoms with Gasteiger partial charge in [0.05, 0.1) is 5.69 Å². The summed E-state index contributed by atoms with van der Waals surface area (Å²) in [4.78, 5) is 11.6. The summed E-state index contributed by atoms with van der Waals surface area (Å²) in [6.07, 6.45) is 1.69. The lowest BCUT2D eigenvalue weighted by molar-refractivity contribution is 0.533. The van der Waals surface area contributed by atoms with Crippen molar-refractivity contribution in [3.05, 3.63) is 59.5 Å². The maximum Gasteiger partial charge on any atom is 0.158 e. The van der Waals surface area contributed by atoms with Crippen LogP contribution in [-0.2, 0) is 0 Å². The Morgan fingerprint density at radius 3 is 2.42 bits per heavy atom. The minimum absolute atomic E-state index is 0.279. The molecule has 2 saturated heterocycles. The van der Waals surface area contributed by atoms with E-state index in [0.717, 1.165) is 71.3 Å². The molecule has 0 aliphatic carbocycles. The van der Waals surface area contributed by atoms with Crippen molar-refractivity contribution in [3.63, 3.8) is 0 Å². The highest BCUT2D eigenvalue weighted by Gasteiger charge is 2.37. The summed E-state index contributed by atoms with van der Waals surface area (Å²) in [5.74, 6) is 2.48. The van der Waals surface area contributed by atoms with Crippen molar-refractivity contribution in [1.82, 2.24) is 24.9 Å². The van der Waals surface area contributed by atoms with E-state index in [0.29, 0.717) is 17.7 Å². The number of rotatable bonds is 3. The van der Waals surface area contributed by atoms with Gasteiger partial charge in [-0.3, -0.25) is 0 Å². The maximum atomic E-state index is 13.7. The van der Waals surface area contributed by atoms with Crippen LogP contribution in [0.2, 0.25) is 0 Å². The fraction of sp³-hybridized carbons (Fsp3) is 0.320. The van der Waals surface area contributed by atoms with E-state index in [-0.39, 0.29) is 5.82 Å². The molecule has 1 aromatic carbocycles. The van der Waals surface area contributed by atoms with Crippen molar-refractivity contribution in [2.75, 3.05) is 36.8 Å². The number of hydrogen-bond acceptors (Lipinski definition) is 6. The van der Waals surface area contributed by atoms with Crippen LogP contribution < -0.4 is 16.0 Å². The third-order valence-electron chi connectivity index (χ3n) is 7.14. The van der Waals surface area contributed by atoms with Crippen LogP contribution in [0.5, 0.6) is 0 Å². The van der Waals surface area contributed by atoms with E-state index in [1.165, 1.54) is 12.1 Å². The van der Waals surface area contributed by atoms with Crippen LogP contribution in [-0.4, -0.2) is 45.8 Å². The summed E-state index contributed by atoms with van der Waals surface area (Å²) >= 11 is 0. The number of nitrogens with zero attached hydrogens (tertiary/aromatic N) is 5. The third-order valence-corrected chi connectivity index (χ3v) is 7.14. The number of hydrogen-bond donors (Lipinski definition) is 2. The number of nitrogens with two attached hydrogens (primary N) is 1. The molecule has 2 atom stereocenters. The van der Waals surface area contributed by atoms with Crippen LogP contribution in [0.15, 0.2) is 42.6 Å². The molecule has 0 saturated carbocycles. The molecular formula is C25H26FN7. The van der Waals surface area contributed by atoms with Gasteiger partial charge in [0.2, 0.25) is 0 Å². The second-order valence-corrected chi connectivity index (χ2v) is 9.18. The van der Waals surface area contributed by atoms with Gasteiger partial charge in [-0.05, 0) is 62.1 Å². The number of nitrogen functional groups attached to an aromatic ring is 1. The van der Waals surface area contributed by atoms with Gasteiger partial charge in [0.15, 0.2) is 11.5 Å². The van der Waals surface area contributed by atoms with Crippen LogP contribution in [0.4, 0.5) is 16.0 Å². The first-order valence-corrected chi connectivity index (χ1v) is 11.3. The molecule has 2 unspecified atom stereocenters. The molecule has 7 nitrogen and oxygen atoms in total. The van der Waals surface area contributed by atoms with Crippen molar-refractivity contribution in [2.45, 2.75) is 13.8 Å². The smallest absolute Gasteiger partial charge is 0.158 e. The number of pyridine rings is 1. The number of benzene rings is 1. The number of nitrogens with one attached hydrogen (secondary N) is 1. The van der Waals surface area contributed by atoms with Crippen molar-refractivity contribution in [3.8, 4) is 22.5 Å². The van der Waals surface area contributed by atoms with Gasteiger partial charge in [-0.25, -0.2) is 18.9 Å². The van der Waals surface area contributed by atoms with Crippen molar-refractivity contribution in [1.29, 1.82) is 0 Å². The molecular weight excluding hydrogens is 417 g/mol. The quantitative estimate of drug-likeness (QED) is 0.505. The van der Waals surface area contributed by atoms with E-state index in [9.17, 15) is 4.39 Å². The summed E-state index contributed by atoms with van der Waals surface area (Å²) in [7, 11) is 0. The van der Waals surface area contributed by atoms with Crippen LogP contribution in [0.1, 0.15) is 11.1 Å². The van der Waals surface area contributed by atoms with Crippen LogP contribution in [0, 0.1) is 31.5 Å². The van der Waals surface area contributed by atoms with E-state index in [1.807, 2.05) is 16.6 Å². The van der Waals surface area contributed by atoms with Crippen LogP contribution >= 0.6 is 0 Å². The molecule has 6 rings (SSSR count). The van der Waals surface area contributed by atoms with Gasteiger partial charge in [0, 0.05) is 54.6 Å². The third kappa shape index (κ3) is 3.24. The summed E-state index contributed by atoms with van der Waals surface area (Å²) < 4.78 is 15.6. The fourth-order valence-electron chi connectivity index (χ4n) is 5.25. The van der Waals surface area contributed by atoms with Crippen molar-refractivity contribution < 1.29 is 4.39 Å². The summed E-state index contributed by atoms with van der Waals surface area (Å²) in [6, 6.07) is 10.2. The zero-order valence-corrected chi connectivity index (χ0v) is 18.7. The standard InChI is InChI=1S/C25H26FN7/c1-14-15(2)25(32-12-18-10-28-11-19(18)13-32)31-33-23(17-7-8-29-21(27)9-17)22(30-24(14)33)16-3-5-20(26)6-4-16/h3-9,18-19,28H,10-13H2,1-2H3,(H2,27,29). The Bertz CT molecular complexity index is 1350. The second kappa shape index (κ2) is 7.52. The van der Waals surface area contributed by atoms with E-state index in [1.54, 1.807) is 18.3 Å². The van der Waals surface area contributed by atoms with E-state index >= 15 is 0 Å². The molecule has 2 fully saturated rings. The number of aryl methyl sites for hydroxylation is 1. The fourth-order valence-corrected chi connectivity index (χ4v) is 5.25. The molecule has 2 aliphatic rings. The highest BCUT2D eigenvalue weighted by Crippen LogP contribution is 2.37. The minimum Gasteiger partial charge on any atom is -0.384 e. The lowest BCUT2D eigenvalue weighted by atomic mass is 10.0. The van der Waals surface area contributed by atoms with Crippen molar-refractivity contribution in [2.24, 2.45) is 11.8 Å². The van der Waals surface area contributed by atoms with E-state index in [4.69, 9.17) is 15.8 Å². The number of halogens is 1. The van der Waals surface area contributed by atoms with Gasteiger partial charge in [0.25, 0.3) is 0 Å². The van der Waals surface area contributed by atoms with Crippen LogP contribution in [0.3, 0.4) is 0 Å². The second-order valence-electron chi connectivity index (χ2n) is 9.18. The Morgan fingerprint density at radius 2 is 1.73 bits per heavy atom. The summed E-state index contributed by atoms with van der Waals surface area (Å²) in [6.45, 7) is 8.38. The molecule has 3 N–H and O–H groups in total. The molecule has 0 amide bonds. The predicted octanol–water partition coefficient (Wildman–Crippen LogP) is 3.45. The van der Waals surface area contributed by atoms with Crippen molar-refractivity contribution >= 4 is 17.3 Å². The molecule has 8 heteroatoms. The molecule has 0 radical (unpaired) electrons.